The number of nitrogens with zero attached hydrogens (tertiary/aromatic N) is 8. The third-order valence-electron chi connectivity index (χ3n) is 14.2. The van der Waals surface area contributed by atoms with Crippen LogP contribution in [0.2, 0.25) is 0 Å². The van der Waals surface area contributed by atoms with Crippen LogP contribution in [0.5, 0.6) is 17.2 Å². The number of allylic oxidation sites excluding steroid dienone is 3. The van der Waals surface area contributed by atoms with Crippen LogP contribution in [0.3, 0.4) is 0 Å². The smallest absolute Gasteiger partial charge is 0.394 e. The highest BCUT2D eigenvalue weighted by atomic mass is 127. The third kappa shape index (κ3) is 17.5. The number of phenolic OH excluding ortho intramolecular Hbond substituents is 1. The fourth-order valence-electron chi connectivity index (χ4n) is 9.59. The lowest BCUT2D eigenvalue weighted by Crippen LogP contribution is -2.23. The molecule has 5 aliphatic rings. The molecule has 11 rings (SSSR count). The van der Waals surface area contributed by atoms with E-state index >= 15 is 0 Å². The summed E-state index contributed by atoms with van der Waals surface area (Å²) < 4.78 is 50.6. The van der Waals surface area contributed by atoms with Crippen molar-refractivity contribution in [3.63, 3.8) is 0 Å². The number of amides is 1. The van der Waals surface area contributed by atoms with E-state index in [1.165, 1.54) is 24.3 Å². The maximum absolute atomic E-state index is 12.3. The van der Waals surface area contributed by atoms with E-state index in [0.717, 1.165) is 63.0 Å². The van der Waals surface area contributed by atoms with Crippen molar-refractivity contribution in [1.82, 2.24) is 4.58 Å². The van der Waals surface area contributed by atoms with Crippen LogP contribution in [-0.2, 0) is 24.7 Å². The van der Waals surface area contributed by atoms with Crippen molar-refractivity contribution in [3.05, 3.63) is 216 Å². The minimum absolute atomic E-state index is 0.0517. The number of aliphatic imine (C=N–C) groups is 1. The molecular weight excluding hydrogens is 1370 g/mol. The second-order valence-electron chi connectivity index (χ2n) is 21.7. The first kappa shape index (κ1) is 71.3. The molecule has 0 aromatic heterocycles. The number of hydrogen-bond donors (Lipinski definition) is 4. The lowest BCUT2D eigenvalue weighted by Gasteiger charge is -2.28. The molecule has 27 nitrogen and oxygen atoms in total. The zero-order valence-corrected chi connectivity index (χ0v) is 55.4. The number of aromatic carboxylic acids is 1. The molecule has 0 saturated heterocycles. The molecule has 0 spiro atoms. The number of benzene rings is 7. The number of carbonyl (C=O) groups is 5. The molecule has 3 aliphatic heterocycles. The van der Waals surface area contributed by atoms with Crippen LogP contribution in [-0.4, -0.2) is 148 Å². The summed E-state index contributed by atoms with van der Waals surface area (Å²) in [5.41, 5.74) is 8.57. The topological polar surface area (TPSA) is 370 Å². The summed E-state index contributed by atoms with van der Waals surface area (Å²) in [5.74, 6) is -2.32. The van der Waals surface area contributed by atoms with Crippen molar-refractivity contribution in [2.75, 3.05) is 94.5 Å². The van der Waals surface area contributed by atoms with Crippen LogP contribution in [0.15, 0.2) is 172 Å². The Balaban J connectivity index is 0.000000191. The first-order valence-corrected chi connectivity index (χ1v) is 30.8. The molecule has 0 radical (unpaired) electrons. The number of aliphatic carboxylic acids is 1. The second kappa shape index (κ2) is 30.1. The van der Waals surface area contributed by atoms with Crippen molar-refractivity contribution in [1.29, 1.82) is 0 Å². The van der Waals surface area contributed by atoms with Gasteiger partial charge in [0.25, 0.3) is 17.3 Å². The van der Waals surface area contributed by atoms with Gasteiger partial charge in [-0.2, -0.15) is 8.42 Å². The molecular formula is C66H61IN8O19S. The van der Waals surface area contributed by atoms with Crippen LogP contribution in [0, 0.1) is 20.2 Å². The van der Waals surface area contributed by atoms with Crippen LogP contribution < -0.4 is 39.4 Å². The van der Waals surface area contributed by atoms with Crippen molar-refractivity contribution < 1.29 is 80.6 Å². The molecule has 6 aromatic rings. The fraction of sp³-hybridized carbons (Fsp3) is 0.167. The van der Waals surface area contributed by atoms with E-state index in [-0.39, 0.29) is 44.0 Å². The Morgan fingerprint density at radius 3 is 1.62 bits per heavy atom. The normalized spacial score (nSPS) is 12.8. The number of phenols is 1. The van der Waals surface area contributed by atoms with Gasteiger partial charge >= 0.3 is 28.3 Å². The van der Waals surface area contributed by atoms with E-state index < -0.39 is 44.1 Å². The summed E-state index contributed by atoms with van der Waals surface area (Å²) in [5, 5.41) is 54.2. The number of non-ortho nitro benzene ring substituents is 2. The lowest BCUT2D eigenvalue weighted by atomic mass is 9.84. The quantitative estimate of drug-likeness (QED) is 0.0114. The number of aromatic hydroxyl groups is 1. The number of nitro groups is 2. The van der Waals surface area contributed by atoms with E-state index in [9.17, 15) is 54.4 Å². The maximum atomic E-state index is 12.3. The molecule has 0 saturated carbocycles. The number of esters is 2. The third-order valence-corrected chi connectivity index (χ3v) is 14.9. The molecule has 29 heteroatoms. The number of anilines is 4. The predicted octanol–water partition coefficient (Wildman–Crippen LogP) is 8.99. The van der Waals surface area contributed by atoms with E-state index in [2.05, 4.69) is 9.73 Å². The van der Waals surface area contributed by atoms with Crippen molar-refractivity contribution in [2.24, 2.45) is 4.99 Å². The van der Waals surface area contributed by atoms with Crippen LogP contribution in [0.1, 0.15) is 42.2 Å². The Labute approximate surface area is 556 Å². The Kier molecular flexibility index (Phi) is 22.6. The Bertz CT molecular complexity index is 4650. The Morgan fingerprint density at radius 1 is 0.611 bits per heavy atom. The molecule has 0 atom stereocenters. The highest BCUT2D eigenvalue weighted by Crippen LogP contribution is 2.49. The maximum Gasteiger partial charge on any atom is 0.394 e. The standard InChI is InChI=1S/C26H24IN3O4.C24H21N3O5.C8H3NO5.C8H11NO.H2O4S/c1-29(2)16-6-9-19-22(12-16)34-23-13-17(30(3)4)7-10-20(23)25(19)18-8-5-15(28-24(31)14-27)11-21(18)26(32)33;1-25(2)14-5-9-18-21(12-14)32-22-13-15(26(3)4)6-10-19(22)23(18)17-8-7-16(27(30)31)11-20(17)24(28)29;10-7-5-2-1-4(9(12)13)3-6(5)8(11)14-7;1-9(2)7-4-3-5-8(10)6-7;1-5(2,3)4/h5-13H,14H2,1-4H3,(H,32,33);5-13H,1-4H3;1-3H;3-6,10H,1-2H3;(H2,1,2,3,4). The average Bonchev–Trinajstić information content (AvgIpc) is 1.28. The van der Waals surface area contributed by atoms with E-state index in [0.29, 0.717) is 62.0 Å². The molecule has 3 heterocycles. The van der Waals surface area contributed by atoms with Gasteiger partial charge in [-0.15, -0.1) is 0 Å². The number of carbonyl (C=O) groups excluding carboxylic acids is 4. The minimum atomic E-state index is -4.67. The number of fused-ring (bicyclic) bond motifs is 5. The summed E-state index contributed by atoms with van der Waals surface area (Å²) >= 11 is 1.93. The number of ether oxygens (including phenoxy) is 2. The minimum Gasteiger partial charge on any atom is -0.545 e. The van der Waals surface area contributed by atoms with Crippen molar-refractivity contribution >= 4 is 119 Å². The molecule has 492 valence electrons. The van der Waals surface area contributed by atoms with Gasteiger partial charge in [0.05, 0.1) is 48.7 Å². The van der Waals surface area contributed by atoms with Gasteiger partial charge in [0.2, 0.25) is 5.36 Å². The molecule has 0 fully saturated rings. The number of nitro benzene ring substituents is 2. The van der Waals surface area contributed by atoms with Crippen molar-refractivity contribution in [2.45, 2.75) is 0 Å². The van der Waals surface area contributed by atoms with Gasteiger partial charge in [-0.3, -0.25) is 34.1 Å². The van der Waals surface area contributed by atoms with Gasteiger partial charge in [0.15, 0.2) is 0 Å². The lowest BCUT2D eigenvalue weighted by molar-refractivity contribution is -0.385. The number of carboxylic acid groups (broad SMARTS) is 2. The van der Waals surface area contributed by atoms with Gasteiger partial charge < -0.3 is 53.6 Å². The fourth-order valence-corrected chi connectivity index (χ4v) is 9.76. The number of halogens is 1. The van der Waals surface area contributed by atoms with Gasteiger partial charge in [-0.1, -0.05) is 34.7 Å². The highest BCUT2D eigenvalue weighted by Gasteiger charge is 2.32. The SMILES string of the molecule is CN(C)c1ccc2c(-c3ccc([N+](=O)[O-])cc3C(=O)[O-])c3ccc(=[N+](C)C)cc-3oc2c1.CN(C)c1ccc2c(c1)Oc1cc(N(C)C)ccc1C2=C1C=CC(=NC(=O)CI)C=C1C(=O)O.CN(C)c1cccc(O)c1.O=C1OC(=O)c2cc([N+](=O)[O-])ccc21.O=S(=O)(O)O. The van der Waals surface area contributed by atoms with Gasteiger partial charge in [-0.05, 0) is 90.0 Å². The molecule has 4 N–H and O–H groups in total. The molecule has 2 aliphatic carbocycles. The van der Waals surface area contributed by atoms with E-state index in [4.69, 9.17) is 31.8 Å². The Morgan fingerprint density at radius 2 is 1.12 bits per heavy atom. The predicted molar refractivity (Wildman–Crippen MR) is 364 cm³/mol. The first-order chi connectivity index (χ1) is 44.6. The van der Waals surface area contributed by atoms with Gasteiger partial charge in [-0.25, -0.2) is 24.0 Å². The zero-order chi connectivity index (χ0) is 70.1. The number of cyclic esters (lactones) is 2. The largest absolute Gasteiger partial charge is 0.545 e. The second-order valence-corrected chi connectivity index (χ2v) is 23.4. The molecule has 6 aromatic carbocycles. The van der Waals surface area contributed by atoms with Crippen LogP contribution in [0.25, 0.3) is 39.0 Å². The molecule has 0 bridgehead atoms. The van der Waals surface area contributed by atoms with E-state index in [1.807, 2.05) is 202 Å². The number of rotatable bonds is 10. The van der Waals surface area contributed by atoms with Gasteiger partial charge in [0, 0.05) is 173 Å². The average molecular weight is 1430 g/mol. The number of alkyl halides is 1. The van der Waals surface area contributed by atoms with Crippen LogP contribution in [0.4, 0.5) is 34.1 Å². The number of carboxylic acids is 2. The summed E-state index contributed by atoms with van der Waals surface area (Å²) in [6.07, 6.45) is 4.85. The number of hydrogen-bond acceptors (Lipinski definition) is 20. The van der Waals surface area contributed by atoms with Crippen molar-refractivity contribution in [3.8, 4) is 39.7 Å². The zero-order valence-electron chi connectivity index (χ0n) is 52.4. The van der Waals surface area contributed by atoms with Gasteiger partial charge in [0.1, 0.15) is 42.7 Å². The molecule has 95 heavy (non-hydrogen) atoms. The summed E-state index contributed by atoms with van der Waals surface area (Å²) in [6, 6.07) is 37.4. The van der Waals surface area contributed by atoms with Crippen LogP contribution >= 0.6 is 22.6 Å². The first-order valence-electron chi connectivity index (χ1n) is 27.9. The summed E-state index contributed by atoms with van der Waals surface area (Å²) in [4.78, 5) is 90.1. The van der Waals surface area contributed by atoms with E-state index in [1.54, 1.807) is 24.3 Å². The highest BCUT2D eigenvalue weighted by molar-refractivity contribution is 14.1. The molecule has 1 amide bonds. The summed E-state index contributed by atoms with van der Waals surface area (Å²) in [7, 11) is 14.7. The monoisotopic (exact) mass is 1430 g/mol. The molecule has 0 unspecified atom stereocenters. The Hall–Kier alpha value is -11.2. The summed E-state index contributed by atoms with van der Waals surface area (Å²) in [6.45, 7) is 0.